The molecule has 0 spiro atoms. The molecule has 2 heterocycles. The van der Waals surface area contributed by atoms with Gasteiger partial charge >= 0.3 is 0 Å². The van der Waals surface area contributed by atoms with E-state index in [1.807, 2.05) is 19.1 Å². The van der Waals surface area contributed by atoms with E-state index in [1.165, 1.54) is 5.56 Å². The molecule has 0 saturated heterocycles. The van der Waals surface area contributed by atoms with Crippen molar-refractivity contribution in [2.75, 3.05) is 26.7 Å². The van der Waals surface area contributed by atoms with E-state index in [0.29, 0.717) is 18.8 Å². The summed E-state index contributed by atoms with van der Waals surface area (Å²) >= 11 is 0. The standard InChI is InChI=1S/C19H26N4O2/c1-3-25-15-8-6-14(7-9-15)5-4-11-20-19(24)18-16-13-23(2)12-10-17(16)21-22-18/h6-9H,3-5,10-13H2,1-2H3,(H,20,24)(H,21,22). The quantitative estimate of drug-likeness (QED) is 0.757. The van der Waals surface area contributed by atoms with Crippen LogP contribution in [0.4, 0.5) is 0 Å². The Kier molecular flexibility index (Phi) is 5.71. The first-order valence-electron chi connectivity index (χ1n) is 8.92. The summed E-state index contributed by atoms with van der Waals surface area (Å²) in [5, 5.41) is 10.2. The van der Waals surface area contributed by atoms with E-state index in [9.17, 15) is 4.79 Å². The van der Waals surface area contributed by atoms with Gasteiger partial charge in [-0.3, -0.25) is 9.89 Å². The van der Waals surface area contributed by atoms with E-state index in [1.54, 1.807) is 0 Å². The number of ether oxygens (including phenoxy) is 1. The number of amides is 1. The molecule has 2 N–H and O–H groups in total. The number of fused-ring (bicyclic) bond motifs is 1. The van der Waals surface area contributed by atoms with Gasteiger partial charge in [0.25, 0.3) is 5.91 Å². The Hall–Kier alpha value is -2.34. The second-order valence-corrected chi connectivity index (χ2v) is 6.45. The normalized spacial score (nSPS) is 14.2. The van der Waals surface area contributed by atoms with Crippen molar-refractivity contribution in [1.29, 1.82) is 0 Å². The fourth-order valence-corrected chi connectivity index (χ4v) is 3.11. The fraction of sp³-hybridized carbons (Fsp3) is 0.474. The molecule has 6 heteroatoms. The molecule has 1 aromatic carbocycles. The van der Waals surface area contributed by atoms with Crippen LogP contribution in [0.15, 0.2) is 24.3 Å². The van der Waals surface area contributed by atoms with Crippen LogP contribution in [0.1, 0.15) is 40.7 Å². The summed E-state index contributed by atoms with van der Waals surface area (Å²) in [5.41, 5.74) is 3.93. The summed E-state index contributed by atoms with van der Waals surface area (Å²) in [4.78, 5) is 14.6. The molecule has 0 aliphatic carbocycles. The van der Waals surface area contributed by atoms with Gasteiger partial charge in [-0.2, -0.15) is 5.10 Å². The predicted molar refractivity (Wildman–Crippen MR) is 96.9 cm³/mol. The van der Waals surface area contributed by atoms with E-state index in [0.717, 1.165) is 49.4 Å². The van der Waals surface area contributed by atoms with E-state index >= 15 is 0 Å². The number of likely N-dealkylation sites (N-methyl/N-ethyl adjacent to an activating group) is 1. The van der Waals surface area contributed by atoms with Crippen LogP contribution in [-0.2, 0) is 19.4 Å². The van der Waals surface area contributed by atoms with Crippen molar-refractivity contribution in [2.45, 2.75) is 32.7 Å². The Morgan fingerprint density at radius 1 is 1.36 bits per heavy atom. The maximum Gasteiger partial charge on any atom is 0.272 e. The van der Waals surface area contributed by atoms with Gasteiger partial charge in [0.15, 0.2) is 5.69 Å². The lowest BCUT2D eigenvalue weighted by atomic mass is 10.1. The van der Waals surface area contributed by atoms with Crippen molar-refractivity contribution < 1.29 is 9.53 Å². The number of nitrogens with one attached hydrogen (secondary N) is 2. The van der Waals surface area contributed by atoms with Gasteiger partial charge in [-0.1, -0.05) is 12.1 Å². The van der Waals surface area contributed by atoms with Gasteiger partial charge in [0.1, 0.15) is 5.75 Å². The molecule has 0 fully saturated rings. The molecule has 0 unspecified atom stereocenters. The van der Waals surface area contributed by atoms with Gasteiger partial charge in [0.05, 0.1) is 6.61 Å². The zero-order valence-corrected chi connectivity index (χ0v) is 15.0. The summed E-state index contributed by atoms with van der Waals surface area (Å²) in [6, 6.07) is 8.13. The monoisotopic (exact) mass is 342 g/mol. The van der Waals surface area contributed by atoms with Crippen LogP contribution in [0.2, 0.25) is 0 Å². The van der Waals surface area contributed by atoms with Crippen LogP contribution in [0.5, 0.6) is 5.75 Å². The van der Waals surface area contributed by atoms with Crippen molar-refractivity contribution in [3.05, 3.63) is 46.8 Å². The molecule has 3 rings (SSSR count). The summed E-state index contributed by atoms with van der Waals surface area (Å²) in [5.74, 6) is 0.812. The van der Waals surface area contributed by atoms with Crippen LogP contribution in [0.3, 0.4) is 0 Å². The van der Waals surface area contributed by atoms with Crippen LogP contribution in [0, 0.1) is 0 Å². The number of nitrogens with zero attached hydrogens (tertiary/aromatic N) is 2. The number of aromatic nitrogens is 2. The maximum atomic E-state index is 12.4. The molecule has 0 atom stereocenters. The highest BCUT2D eigenvalue weighted by Crippen LogP contribution is 2.19. The highest BCUT2D eigenvalue weighted by atomic mass is 16.5. The predicted octanol–water partition coefficient (Wildman–Crippen LogP) is 2.16. The number of hydrogen-bond donors (Lipinski definition) is 2. The number of aromatic amines is 1. The minimum atomic E-state index is -0.0838. The van der Waals surface area contributed by atoms with Crippen LogP contribution in [0.25, 0.3) is 0 Å². The van der Waals surface area contributed by atoms with Gasteiger partial charge < -0.3 is 15.0 Å². The van der Waals surface area contributed by atoms with Crippen molar-refractivity contribution in [1.82, 2.24) is 20.4 Å². The molecular weight excluding hydrogens is 316 g/mol. The molecule has 6 nitrogen and oxygen atoms in total. The van der Waals surface area contributed by atoms with Crippen LogP contribution < -0.4 is 10.1 Å². The lowest BCUT2D eigenvalue weighted by molar-refractivity contribution is 0.0946. The SMILES string of the molecule is CCOc1ccc(CCCNC(=O)c2n[nH]c3c2CN(C)CC3)cc1. The smallest absolute Gasteiger partial charge is 0.272 e. The highest BCUT2D eigenvalue weighted by molar-refractivity contribution is 5.94. The second kappa shape index (κ2) is 8.16. The Balaban J connectivity index is 1.46. The Morgan fingerprint density at radius 3 is 2.92 bits per heavy atom. The Labute approximate surface area is 148 Å². The first-order chi connectivity index (χ1) is 12.2. The van der Waals surface area contributed by atoms with Gasteiger partial charge in [0, 0.05) is 37.3 Å². The third-order valence-corrected chi connectivity index (χ3v) is 4.50. The van der Waals surface area contributed by atoms with Crippen molar-refractivity contribution >= 4 is 5.91 Å². The highest BCUT2D eigenvalue weighted by Gasteiger charge is 2.23. The Bertz CT molecular complexity index is 709. The summed E-state index contributed by atoms with van der Waals surface area (Å²) in [6.07, 6.45) is 2.74. The van der Waals surface area contributed by atoms with Crippen molar-refractivity contribution in [3.63, 3.8) is 0 Å². The number of hydrogen-bond acceptors (Lipinski definition) is 4. The van der Waals surface area contributed by atoms with E-state index in [-0.39, 0.29) is 5.91 Å². The molecule has 0 bridgehead atoms. The summed E-state index contributed by atoms with van der Waals surface area (Å²) in [6.45, 7) is 5.08. The third-order valence-electron chi connectivity index (χ3n) is 4.50. The van der Waals surface area contributed by atoms with E-state index in [4.69, 9.17) is 4.74 Å². The molecule has 134 valence electrons. The fourth-order valence-electron chi connectivity index (χ4n) is 3.11. The van der Waals surface area contributed by atoms with Crippen molar-refractivity contribution in [2.24, 2.45) is 0 Å². The molecule has 1 aliphatic rings. The number of benzene rings is 1. The maximum absolute atomic E-state index is 12.4. The van der Waals surface area contributed by atoms with E-state index in [2.05, 4.69) is 39.6 Å². The molecule has 0 radical (unpaired) electrons. The van der Waals surface area contributed by atoms with Gasteiger partial charge in [0.2, 0.25) is 0 Å². The number of H-pyrrole nitrogens is 1. The van der Waals surface area contributed by atoms with Crippen LogP contribution >= 0.6 is 0 Å². The van der Waals surface area contributed by atoms with Crippen LogP contribution in [-0.4, -0.2) is 47.7 Å². The lowest BCUT2D eigenvalue weighted by Gasteiger charge is -2.22. The lowest BCUT2D eigenvalue weighted by Crippen LogP contribution is -2.30. The topological polar surface area (TPSA) is 70.2 Å². The molecule has 1 aromatic heterocycles. The summed E-state index contributed by atoms with van der Waals surface area (Å²) in [7, 11) is 2.06. The third kappa shape index (κ3) is 4.39. The molecule has 1 aliphatic heterocycles. The molecule has 1 amide bonds. The van der Waals surface area contributed by atoms with Gasteiger partial charge in [-0.15, -0.1) is 0 Å². The first kappa shape index (κ1) is 17.5. The largest absolute Gasteiger partial charge is 0.494 e. The number of aryl methyl sites for hydroxylation is 1. The molecule has 2 aromatic rings. The van der Waals surface area contributed by atoms with Gasteiger partial charge in [-0.25, -0.2) is 0 Å². The first-order valence-corrected chi connectivity index (χ1v) is 8.92. The Morgan fingerprint density at radius 2 is 2.16 bits per heavy atom. The average molecular weight is 342 g/mol. The molecule has 25 heavy (non-hydrogen) atoms. The number of rotatable bonds is 7. The van der Waals surface area contributed by atoms with E-state index < -0.39 is 0 Å². The minimum Gasteiger partial charge on any atom is -0.494 e. The number of carbonyl (C=O) groups excluding carboxylic acids is 1. The second-order valence-electron chi connectivity index (χ2n) is 6.45. The average Bonchev–Trinajstić information content (AvgIpc) is 3.03. The van der Waals surface area contributed by atoms with Crippen molar-refractivity contribution in [3.8, 4) is 5.75 Å². The summed E-state index contributed by atoms with van der Waals surface area (Å²) < 4.78 is 5.44. The zero-order valence-electron chi connectivity index (χ0n) is 15.0. The molecular formula is C19H26N4O2. The minimum absolute atomic E-state index is 0.0838. The number of carbonyl (C=O) groups is 1. The molecule has 0 saturated carbocycles. The van der Waals surface area contributed by atoms with Gasteiger partial charge in [-0.05, 0) is 44.5 Å². The zero-order chi connectivity index (χ0) is 17.6.